The monoisotopic (exact) mass is 257 g/mol. The van der Waals surface area contributed by atoms with Crippen LogP contribution in [0.15, 0.2) is 11.4 Å². The van der Waals surface area contributed by atoms with Crippen LogP contribution in [-0.4, -0.2) is 39.3 Å². The molecule has 1 atom stereocenters. The minimum Gasteiger partial charge on any atom is -0.481 e. The fourth-order valence-electron chi connectivity index (χ4n) is 1.45. The summed E-state index contributed by atoms with van der Waals surface area (Å²) in [6.45, 7) is 3.58. The predicted molar refractivity (Wildman–Crippen MR) is 64.1 cm³/mol. The second-order valence-electron chi connectivity index (χ2n) is 3.52. The predicted octanol–water partition coefficient (Wildman–Crippen LogP) is 0.675. The highest BCUT2D eigenvalue weighted by Gasteiger charge is 2.19. The summed E-state index contributed by atoms with van der Waals surface area (Å²) in [5, 5.41) is 11.7. The lowest BCUT2D eigenvalue weighted by atomic mass is 10.3. The zero-order chi connectivity index (χ0) is 13.0. The second-order valence-corrected chi connectivity index (χ2v) is 4.47. The minimum absolute atomic E-state index is 0.0725. The van der Waals surface area contributed by atoms with Gasteiger partial charge in [-0.05, 0) is 13.8 Å². The largest absolute Gasteiger partial charge is 0.481 e. The molecule has 0 fully saturated rings. The molecule has 1 aromatic rings. The van der Waals surface area contributed by atoms with E-state index < -0.39 is 12.0 Å². The summed E-state index contributed by atoms with van der Waals surface area (Å²) in [5.74, 6) is -1.12. The molecule has 6 nitrogen and oxygen atoms in total. The Hall–Kier alpha value is -1.50. The maximum absolute atomic E-state index is 11.6. The van der Waals surface area contributed by atoms with E-state index in [9.17, 15) is 9.59 Å². The average molecular weight is 257 g/mol. The van der Waals surface area contributed by atoms with Gasteiger partial charge in [0.1, 0.15) is 6.04 Å². The molecule has 0 aliphatic rings. The molecule has 0 spiro atoms. The maximum atomic E-state index is 11.6. The number of hydrogen-bond donors (Lipinski definition) is 2. The van der Waals surface area contributed by atoms with Crippen molar-refractivity contribution in [2.75, 3.05) is 12.8 Å². The van der Waals surface area contributed by atoms with Gasteiger partial charge in [-0.2, -0.15) is 0 Å². The van der Waals surface area contributed by atoms with Gasteiger partial charge < -0.3 is 15.0 Å². The van der Waals surface area contributed by atoms with Crippen LogP contribution in [0.25, 0.3) is 0 Å². The normalized spacial score (nSPS) is 12.2. The van der Waals surface area contributed by atoms with Crippen LogP contribution in [0.4, 0.5) is 0 Å². The number of carbonyl (C=O) groups excluding carboxylic acids is 1. The van der Waals surface area contributed by atoms with E-state index in [1.165, 1.54) is 0 Å². The summed E-state index contributed by atoms with van der Waals surface area (Å²) >= 11 is 1.10. The summed E-state index contributed by atoms with van der Waals surface area (Å²) in [5.41, 5.74) is 0.828. The molecule has 7 heteroatoms. The zero-order valence-corrected chi connectivity index (χ0v) is 10.7. The van der Waals surface area contributed by atoms with E-state index in [1.54, 1.807) is 24.7 Å². The van der Waals surface area contributed by atoms with Crippen molar-refractivity contribution in [1.29, 1.82) is 0 Å². The van der Waals surface area contributed by atoms with E-state index >= 15 is 0 Å². The highest BCUT2D eigenvalue weighted by molar-refractivity contribution is 7.99. The van der Waals surface area contributed by atoms with Crippen LogP contribution in [0, 0.1) is 6.92 Å². The molecule has 0 bridgehead atoms. The number of nitrogens with zero attached hydrogens (tertiary/aromatic N) is 2. The minimum atomic E-state index is -0.908. The number of aromatic nitrogens is 2. The Labute approximate surface area is 103 Å². The van der Waals surface area contributed by atoms with Gasteiger partial charge >= 0.3 is 5.97 Å². The first kappa shape index (κ1) is 13.6. The van der Waals surface area contributed by atoms with Gasteiger partial charge in [0.2, 0.25) is 5.91 Å². The SMILES string of the molecule is CNC(=O)C(C)n1c(C)cnc1SCC(=O)O. The molecular weight excluding hydrogens is 242 g/mol. The van der Waals surface area contributed by atoms with Gasteiger partial charge in [0.25, 0.3) is 0 Å². The van der Waals surface area contributed by atoms with Crippen molar-refractivity contribution >= 4 is 23.6 Å². The quantitative estimate of drug-likeness (QED) is 0.758. The Morgan fingerprint density at radius 1 is 1.65 bits per heavy atom. The standard InChI is InChI=1S/C10H15N3O3S/c1-6-4-12-10(17-5-8(14)15)13(6)7(2)9(16)11-3/h4,7H,5H2,1-3H3,(H,11,16)(H,14,15). The van der Waals surface area contributed by atoms with E-state index in [2.05, 4.69) is 10.3 Å². The molecule has 1 unspecified atom stereocenters. The highest BCUT2D eigenvalue weighted by atomic mass is 32.2. The summed E-state index contributed by atoms with van der Waals surface area (Å²) in [6.07, 6.45) is 1.63. The first-order chi connectivity index (χ1) is 7.97. The molecule has 94 valence electrons. The lowest BCUT2D eigenvalue weighted by molar-refractivity contribution is -0.133. The van der Waals surface area contributed by atoms with Crippen molar-refractivity contribution in [3.8, 4) is 0 Å². The number of carboxylic acid groups (broad SMARTS) is 1. The van der Waals surface area contributed by atoms with Gasteiger partial charge in [0.05, 0.1) is 5.75 Å². The van der Waals surface area contributed by atoms with Crippen LogP contribution in [0.1, 0.15) is 18.7 Å². The van der Waals surface area contributed by atoms with Crippen LogP contribution >= 0.6 is 11.8 Å². The number of aliphatic carboxylic acids is 1. The van der Waals surface area contributed by atoms with Gasteiger partial charge in [-0.15, -0.1) is 0 Å². The van der Waals surface area contributed by atoms with Gasteiger partial charge in [0, 0.05) is 18.9 Å². The summed E-state index contributed by atoms with van der Waals surface area (Å²) < 4.78 is 1.73. The van der Waals surface area contributed by atoms with Crippen molar-refractivity contribution in [2.45, 2.75) is 25.0 Å². The molecular formula is C10H15N3O3S. The molecule has 1 heterocycles. The van der Waals surface area contributed by atoms with Crippen LogP contribution in [0.2, 0.25) is 0 Å². The van der Waals surface area contributed by atoms with Crippen LogP contribution in [0.5, 0.6) is 0 Å². The number of carboxylic acids is 1. The second kappa shape index (κ2) is 5.72. The van der Waals surface area contributed by atoms with E-state index in [-0.39, 0.29) is 11.7 Å². The third-order valence-electron chi connectivity index (χ3n) is 2.29. The number of rotatable bonds is 5. The number of imidazole rings is 1. The van der Waals surface area contributed by atoms with Crippen LogP contribution in [-0.2, 0) is 9.59 Å². The van der Waals surface area contributed by atoms with Gasteiger partial charge in [0.15, 0.2) is 5.16 Å². The van der Waals surface area contributed by atoms with Crippen molar-refractivity contribution < 1.29 is 14.7 Å². The molecule has 0 aromatic carbocycles. The third kappa shape index (κ3) is 3.23. The Bertz CT molecular complexity index is 430. The Morgan fingerprint density at radius 3 is 2.82 bits per heavy atom. The molecule has 17 heavy (non-hydrogen) atoms. The fourth-order valence-corrected chi connectivity index (χ4v) is 2.28. The molecule has 0 aliphatic carbocycles. The molecule has 0 aliphatic heterocycles. The topological polar surface area (TPSA) is 84.2 Å². The fraction of sp³-hybridized carbons (Fsp3) is 0.500. The molecule has 1 rings (SSSR count). The number of likely N-dealkylation sites (N-methyl/N-ethyl adjacent to an activating group) is 1. The molecule has 0 radical (unpaired) electrons. The summed E-state index contributed by atoms with van der Waals surface area (Å²) in [4.78, 5) is 26.2. The van der Waals surface area contributed by atoms with E-state index in [1.807, 2.05) is 6.92 Å². The molecule has 2 N–H and O–H groups in total. The Kier molecular flexibility index (Phi) is 4.56. The zero-order valence-electron chi connectivity index (χ0n) is 9.93. The number of thioether (sulfide) groups is 1. The highest BCUT2D eigenvalue weighted by Crippen LogP contribution is 2.22. The van der Waals surface area contributed by atoms with E-state index in [0.29, 0.717) is 5.16 Å². The maximum Gasteiger partial charge on any atom is 0.313 e. The molecule has 0 saturated carbocycles. The first-order valence-electron chi connectivity index (χ1n) is 5.07. The van der Waals surface area contributed by atoms with Crippen LogP contribution in [0.3, 0.4) is 0 Å². The van der Waals surface area contributed by atoms with Gasteiger partial charge in [-0.1, -0.05) is 11.8 Å². The lowest BCUT2D eigenvalue weighted by Gasteiger charge is -2.16. The third-order valence-corrected chi connectivity index (χ3v) is 3.24. The lowest BCUT2D eigenvalue weighted by Crippen LogP contribution is -2.28. The van der Waals surface area contributed by atoms with Crippen molar-refractivity contribution in [2.24, 2.45) is 0 Å². The van der Waals surface area contributed by atoms with E-state index in [4.69, 9.17) is 5.11 Å². The van der Waals surface area contributed by atoms with Crippen molar-refractivity contribution in [3.63, 3.8) is 0 Å². The Morgan fingerprint density at radius 2 is 2.29 bits per heavy atom. The molecule has 1 aromatic heterocycles. The molecule has 0 saturated heterocycles. The van der Waals surface area contributed by atoms with E-state index in [0.717, 1.165) is 17.5 Å². The number of hydrogen-bond acceptors (Lipinski definition) is 4. The number of aryl methyl sites for hydroxylation is 1. The Balaban J connectivity index is 2.93. The number of carbonyl (C=O) groups is 2. The van der Waals surface area contributed by atoms with Gasteiger partial charge in [-0.25, -0.2) is 4.98 Å². The number of nitrogens with one attached hydrogen (secondary N) is 1. The van der Waals surface area contributed by atoms with Crippen molar-refractivity contribution in [3.05, 3.63) is 11.9 Å². The summed E-state index contributed by atoms with van der Waals surface area (Å²) in [6, 6.07) is -0.404. The molecule has 1 amide bonds. The van der Waals surface area contributed by atoms with Crippen molar-refractivity contribution in [1.82, 2.24) is 14.9 Å². The first-order valence-corrected chi connectivity index (χ1v) is 6.06. The van der Waals surface area contributed by atoms with Gasteiger partial charge in [-0.3, -0.25) is 9.59 Å². The summed E-state index contributed by atoms with van der Waals surface area (Å²) in [7, 11) is 1.56. The average Bonchev–Trinajstić information content (AvgIpc) is 2.65. The smallest absolute Gasteiger partial charge is 0.313 e. The number of amides is 1. The van der Waals surface area contributed by atoms with Crippen LogP contribution < -0.4 is 5.32 Å².